The van der Waals surface area contributed by atoms with Crippen molar-refractivity contribution in [2.24, 2.45) is 5.92 Å². The molecule has 2 unspecified atom stereocenters. The minimum absolute atomic E-state index is 0.0469. The molecule has 0 aliphatic rings. The minimum Gasteiger partial charge on any atom is -0.465 e. The van der Waals surface area contributed by atoms with E-state index in [0.717, 1.165) is 6.42 Å². The number of aliphatic hydroxyl groups is 1. The van der Waals surface area contributed by atoms with Crippen LogP contribution in [0, 0.1) is 12.8 Å². The van der Waals surface area contributed by atoms with E-state index in [9.17, 15) is 9.90 Å². The SMILES string of the molecule is [CH2+]CCC(O)C(CC)COC(C)=O. The highest BCUT2D eigenvalue weighted by Gasteiger charge is 2.18. The van der Waals surface area contributed by atoms with Gasteiger partial charge in [0.25, 0.3) is 0 Å². The van der Waals surface area contributed by atoms with E-state index in [0.29, 0.717) is 19.4 Å². The maximum Gasteiger partial charge on any atom is 0.302 e. The number of hydrogen-bond donors (Lipinski definition) is 1. The first-order valence-corrected chi connectivity index (χ1v) is 4.72. The zero-order chi connectivity index (χ0) is 10.3. The second kappa shape index (κ2) is 6.78. The van der Waals surface area contributed by atoms with E-state index in [2.05, 4.69) is 6.92 Å². The third-order valence-electron chi connectivity index (χ3n) is 2.07. The first kappa shape index (κ1) is 12.3. The standard InChI is InChI=1S/C10H19O3/c1-4-6-10(12)9(5-2)7-13-8(3)11/h9-10,12H,1,4-7H2,2-3H3/q+1. The van der Waals surface area contributed by atoms with Crippen LogP contribution in [0.25, 0.3) is 0 Å². The molecule has 0 rings (SSSR count). The van der Waals surface area contributed by atoms with Gasteiger partial charge in [0.05, 0.1) is 26.1 Å². The summed E-state index contributed by atoms with van der Waals surface area (Å²) in [5.41, 5.74) is 0. The van der Waals surface area contributed by atoms with E-state index in [1.807, 2.05) is 6.92 Å². The lowest BCUT2D eigenvalue weighted by molar-refractivity contribution is -0.143. The average Bonchev–Trinajstić information content (AvgIpc) is 2.05. The Balaban J connectivity index is 3.79. The normalized spacial score (nSPS) is 15.0. The summed E-state index contributed by atoms with van der Waals surface area (Å²) in [6.45, 7) is 7.33. The van der Waals surface area contributed by atoms with Gasteiger partial charge in [-0.2, -0.15) is 0 Å². The summed E-state index contributed by atoms with van der Waals surface area (Å²) in [6, 6.07) is 0. The van der Waals surface area contributed by atoms with Gasteiger partial charge in [0.2, 0.25) is 0 Å². The molecule has 0 radical (unpaired) electrons. The van der Waals surface area contributed by atoms with Crippen LogP contribution in [0.5, 0.6) is 0 Å². The van der Waals surface area contributed by atoms with Crippen molar-refractivity contribution in [1.82, 2.24) is 0 Å². The molecule has 0 aromatic carbocycles. The van der Waals surface area contributed by atoms with Crippen molar-refractivity contribution in [3.8, 4) is 0 Å². The lowest BCUT2D eigenvalue weighted by Crippen LogP contribution is -2.25. The molecule has 3 heteroatoms. The van der Waals surface area contributed by atoms with E-state index >= 15 is 0 Å². The highest BCUT2D eigenvalue weighted by Crippen LogP contribution is 2.13. The highest BCUT2D eigenvalue weighted by molar-refractivity contribution is 5.65. The first-order valence-electron chi connectivity index (χ1n) is 4.72. The molecule has 0 heterocycles. The fourth-order valence-electron chi connectivity index (χ4n) is 1.17. The van der Waals surface area contributed by atoms with Crippen molar-refractivity contribution in [3.63, 3.8) is 0 Å². The van der Waals surface area contributed by atoms with Crippen molar-refractivity contribution in [2.75, 3.05) is 6.61 Å². The molecule has 0 aliphatic heterocycles. The molecule has 0 saturated carbocycles. The monoisotopic (exact) mass is 187 g/mol. The van der Waals surface area contributed by atoms with Crippen LogP contribution in [0.15, 0.2) is 0 Å². The van der Waals surface area contributed by atoms with Crippen molar-refractivity contribution in [3.05, 3.63) is 6.92 Å². The summed E-state index contributed by atoms with van der Waals surface area (Å²) < 4.78 is 4.84. The molecular weight excluding hydrogens is 168 g/mol. The lowest BCUT2D eigenvalue weighted by atomic mass is 9.97. The Morgan fingerprint density at radius 2 is 2.23 bits per heavy atom. The Morgan fingerprint density at radius 1 is 1.62 bits per heavy atom. The molecule has 0 fully saturated rings. The average molecular weight is 187 g/mol. The molecule has 3 nitrogen and oxygen atoms in total. The predicted molar refractivity (Wildman–Crippen MR) is 51.0 cm³/mol. The van der Waals surface area contributed by atoms with Gasteiger partial charge in [-0.1, -0.05) is 6.92 Å². The number of ether oxygens (including phenoxy) is 1. The van der Waals surface area contributed by atoms with Gasteiger partial charge in [-0.15, -0.1) is 0 Å². The zero-order valence-corrected chi connectivity index (χ0v) is 8.45. The van der Waals surface area contributed by atoms with E-state index in [-0.39, 0.29) is 11.9 Å². The number of aliphatic hydroxyl groups excluding tert-OH is 1. The number of rotatable bonds is 6. The molecule has 0 aliphatic carbocycles. The van der Waals surface area contributed by atoms with Crippen LogP contribution >= 0.6 is 0 Å². The Morgan fingerprint density at radius 3 is 2.62 bits per heavy atom. The largest absolute Gasteiger partial charge is 0.465 e. The van der Waals surface area contributed by atoms with Crippen molar-refractivity contribution in [2.45, 2.75) is 39.2 Å². The quantitative estimate of drug-likeness (QED) is 0.507. The smallest absolute Gasteiger partial charge is 0.302 e. The Kier molecular flexibility index (Phi) is 6.41. The molecule has 0 saturated heterocycles. The van der Waals surface area contributed by atoms with Crippen LogP contribution in [0.2, 0.25) is 0 Å². The second-order valence-corrected chi connectivity index (χ2v) is 3.18. The minimum atomic E-state index is -0.401. The summed E-state index contributed by atoms with van der Waals surface area (Å²) in [5.74, 6) is -0.245. The van der Waals surface area contributed by atoms with Gasteiger partial charge in [0.15, 0.2) is 0 Å². The molecule has 0 amide bonds. The molecular formula is C10H19O3+. The van der Waals surface area contributed by atoms with Gasteiger partial charge < -0.3 is 9.84 Å². The third-order valence-corrected chi connectivity index (χ3v) is 2.07. The van der Waals surface area contributed by atoms with Gasteiger partial charge in [-0.05, 0) is 6.42 Å². The maximum atomic E-state index is 10.5. The lowest BCUT2D eigenvalue weighted by Gasteiger charge is -2.19. The molecule has 0 aromatic heterocycles. The van der Waals surface area contributed by atoms with E-state index < -0.39 is 6.10 Å². The fraction of sp³-hybridized carbons (Fsp3) is 0.800. The summed E-state index contributed by atoms with van der Waals surface area (Å²) in [5, 5.41) is 9.59. The number of hydrogen-bond acceptors (Lipinski definition) is 3. The fourth-order valence-corrected chi connectivity index (χ4v) is 1.17. The van der Waals surface area contributed by atoms with Gasteiger partial charge in [0, 0.05) is 19.3 Å². The first-order chi connectivity index (χ1) is 6.11. The van der Waals surface area contributed by atoms with E-state index in [4.69, 9.17) is 4.74 Å². The number of carbonyl (C=O) groups is 1. The Hall–Kier alpha value is -0.700. The molecule has 2 atom stereocenters. The van der Waals surface area contributed by atoms with Crippen LogP contribution in [0.1, 0.15) is 33.1 Å². The predicted octanol–water partition coefficient (Wildman–Crippen LogP) is 1.55. The molecule has 0 bridgehead atoms. The molecule has 76 valence electrons. The van der Waals surface area contributed by atoms with E-state index in [1.54, 1.807) is 0 Å². The van der Waals surface area contributed by atoms with Gasteiger partial charge in [0.1, 0.15) is 0 Å². The van der Waals surface area contributed by atoms with Crippen molar-refractivity contribution < 1.29 is 14.6 Å². The molecule has 13 heavy (non-hydrogen) atoms. The number of esters is 1. The van der Waals surface area contributed by atoms with Crippen molar-refractivity contribution in [1.29, 1.82) is 0 Å². The summed E-state index contributed by atoms with van der Waals surface area (Å²) in [6.07, 6.45) is 1.79. The molecule has 0 spiro atoms. The Bertz CT molecular complexity index is 145. The number of carbonyl (C=O) groups excluding carboxylic acids is 1. The van der Waals surface area contributed by atoms with E-state index in [1.165, 1.54) is 6.92 Å². The summed E-state index contributed by atoms with van der Waals surface area (Å²) >= 11 is 0. The Labute approximate surface area is 80.1 Å². The second-order valence-electron chi connectivity index (χ2n) is 3.18. The highest BCUT2D eigenvalue weighted by atomic mass is 16.5. The van der Waals surface area contributed by atoms with Crippen LogP contribution in [0.3, 0.4) is 0 Å². The van der Waals surface area contributed by atoms with Crippen LogP contribution in [-0.4, -0.2) is 23.8 Å². The van der Waals surface area contributed by atoms with Gasteiger partial charge in [-0.3, -0.25) is 4.79 Å². The third kappa shape index (κ3) is 5.53. The zero-order valence-electron chi connectivity index (χ0n) is 8.45. The summed E-state index contributed by atoms with van der Waals surface area (Å²) in [4.78, 5) is 10.5. The summed E-state index contributed by atoms with van der Waals surface area (Å²) in [7, 11) is 0. The van der Waals surface area contributed by atoms with Gasteiger partial charge >= 0.3 is 5.97 Å². The maximum absolute atomic E-state index is 10.5. The van der Waals surface area contributed by atoms with Crippen LogP contribution < -0.4 is 0 Å². The van der Waals surface area contributed by atoms with Gasteiger partial charge in [-0.25, -0.2) is 0 Å². The van der Waals surface area contributed by atoms with Crippen molar-refractivity contribution >= 4 is 5.97 Å². The molecule has 1 N–H and O–H groups in total. The topological polar surface area (TPSA) is 46.5 Å². The van der Waals surface area contributed by atoms with Crippen LogP contribution in [0.4, 0.5) is 0 Å². The van der Waals surface area contributed by atoms with Crippen LogP contribution in [-0.2, 0) is 9.53 Å². The molecule has 0 aromatic rings.